The van der Waals surface area contributed by atoms with Crippen molar-refractivity contribution in [2.24, 2.45) is 17.1 Å². The molecule has 1 heterocycles. The Balaban J connectivity index is 2.62. The van der Waals surface area contributed by atoms with Crippen LogP contribution in [-0.4, -0.2) is 16.5 Å². The molecule has 3 nitrogen and oxygen atoms in total. The number of nitrogens with zero attached hydrogens (tertiary/aromatic N) is 1. The molecule has 1 rings (SSSR count). The highest BCUT2D eigenvalue weighted by molar-refractivity contribution is 7.80. The molecule has 1 aromatic heterocycles. The molecule has 3 N–H and O–H groups in total. The van der Waals surface area contributed by atoms with Crippen molar-refractivity contribution in [3.8, 4) is 0 Å². The Morgan fingerprint density at radius 2 is 2.12 bits per heavy atom. The third kappa shape index (κ3) is 3.97. The van der Waals surface area contributed by atoms with Crippen molar-refractivity contribution in [1.82, 2.24) is 4.98 Å². The Labute approximate surface area is 109 Å². The number of anilines is 1. The van der Waals surface area contributed by atoms with E-state index >= 15 is 0 Å². The molecule has 0 atom stereocenters. The Bertz CT molecular complexity index is 382. The first-order chi connectivity index (χ1) is 7.83. The van der Waals surface area contributed by atoms with Gasteiger partial charge in [-0.2, -0.15) is 0 Å². The summed E-state index contributed by atoms with van der Waals surface area (Å²) in [5.41, 5.74) is 6.56. The van der Waals surface area contributed by atoms with Crippen molar-refractivity contribution >= 4 is 23.0 Å². The lowest BCUT2D eigenvalue weighted by Gasteiger charge is -2.29. The second kappa shape index (κ2) is 5.45. The van der Waals surface area contributed by atoms with E-state index in [0.717, 1.165) is 17.9 Å². The maximum Gasteiger partial charge on any atom is 0.125 e. The summed E-state index contributed by atoms with van der Waals surface area (Å²) in [6.45, 7) is 9.84. The van der Waals surface area contributed by atoms with Gasteiger partial charge in [-0.15, -0.1) is 0 Å². The van der Waals surface area contributed by atoms with Crippen molar-refractivity contribution in [3.63, 3.8) is 0 Å². The van der Waals surface area contributed by atoms with E-state index in [9.17, 15) is 0 Å². The summed E-state index contributed by atoms with van der Waals surface area (Å²) in [6.07, 6.45) is 1.70. The summed E-state index contributed by atoms with van der Waals surface area (Å²) in [6, 6.07) is 3.80. The van der Waals surface area contributed by atoms with E-state index < -0.39 is 0 Å². The number of hydrogen-bond acceptors (Lipinski definition) is 3. The minimum atomic E-state index is 0.240. The van der Waals surface area contributed by atoms with Gasteiger partial charge in [0, 0.05) is 18.3 Å². The molecule has 0 unspecified atom stereocenters. The van der Waals surface area contributed by atoms with E-state index in [1.165, 1.54) is 0 Å². The van der Waals surface area contributed by atoms with Crippen LogP contribution >= 0.6 is 12.2 Å². The normalized spacial score (nSPS) is 11.6. The molecule has 4 heteroatoms. The van der Waals surface area contributed by atoms with Crippen LogP contribution in [0.5, 0.6) is 0 Å². The molecule has 0 aromatic carbocycles. The van der Waals surface area contributed by atoms with Gasteiger partial charge >= 0.3 is 0 Å². The van der Waals surface area contributed by atoms with E-state index in [-0.39, 0.29) is 5.41 Å². The van der Waals surface area contributed by atoms with Gasteiger partial charge in [-0.25, -0.2) is 4.98 Å². The van der Waals surface area contributed by atoms with Crippen LogP contribution in [0.2, 0.25) is 0 Å². The molecule has 0 spiro atoms. The number of nitrogens with two attached hydrogens (primary N) is 1. The lowest BCUT2D eigenvalue weighted by molar-refractivity contribution is 0.269. The van der Waals surface area contributed by atoms with Gasteiger partial charge in [0.25, 0.3) is 0 Å². The monoisotopic (exact) mass is 251 g/mol. The fourth-order valence-electron chi connectivity index (χ4n) is 1.17. The predicted octanol–water partition coefficient (Wildman–Crippen LogP) is 2.81. The van der Waals surface area contributed by atoms with Gasteiger partial charge in [0.15, 0.2) is 0 Å². The Hall–Kier alpha value is -1.16. The van der Waals surface area contributed by atoms with Crippen LogP contribution in [0.1, 0.15) is 33.3 Å². The van der Waals surface area contributed by atoms with Gasteiger partial charge in [0.1, 0.15) is 10.8 Å². The molecular weight excluding hydrogens is 230 g/mol. The van der Waals surface area contributed by atoms with Crippen molar-refractivity contribution in [1.29, 1.82) is 0 Å². The molecule has 0 saturated heterocycles. The first-order valence-corrected chi connectivity index (χ1v) is 6.23. The molecule has 0 fully saturated rings. The standard InChI is InChI=1S/C13H21N3S/c1-9(2)13(3,4)8-16-11-6-5-10(7-15-11)12(14)17/h5-7,9H,8H2,1-4H3,(H2,14,17)(H,15,16). The summed E-state index contributed by atoms with van der Waals surface area (Å²) in [5.74, 6) is 1.48. The van der Waals surface area contributed by atoms with Crippen LogP contribution < -0.4 is 11.1 Å². The van der Waals surface area contributed by atoms with Crippen LogP contribution in [0.4, 0.5) is 5.82 Å². The average molecular weight is 251 g/mol. The van der Waals surface area contributed by atoms with E-state index in [1.54, 1.807) is 6.20 Å². The van der Waals surface area contributed by atoms with Gasteiger partial charge in [-0.3, -0.25) is 0 Å². The fraction of sp³-hybridized carbons (Fsp3) is 0.538. The average Bonchev–Trinajstić information content (AvgIpc) is 2.27. The second-order valence-corrected chi connectivity index (χ2v) is 5.73. The summed E-state index contributed by atoms with van der Waals surface area (Å²) >= 11 is 4.88. The third-order valence-corrected chi connectivity index (χ3v) is 3.57. The smallest absolute Gasteiger partial charge is 0.125 e. The predicted molar refractivity (Wildman–Crippen MR) is 77.2 cm³/mol. The fourth-order valence-corrected chi connectivity index (χ4v) is 1.29. The summed E-state index contributed by atoms with van der Waals surface area (Å²) in [4.78, 5) is 4.66. The highest BCUT2D eigenvalue weighted by atomic mass is 32.1. The van der Waals surface area contributed by atoms with Crippen LogP contribution in [0.25, 0.3) is 0 Å². The summed E-state index contributed by atoms with van der Waals surface area (Å²) < 4.78 is 0. The van der Waals surface area contributed by atoms with Crippen LogP contribution in [0, 0.1) is 11.3 Å². The summed E-state index contributed by atoms with van der Waals surface area (Å²) in [7, 11) is 0. The molecule has 0 aliphatic heterocycles. The van der Waals surface area contributed by atoms with Crippen molar-refractivity contribution < 1.29 is 0 Å². The lowest BCUT2D eigenvalue weighted by Crippen LogP contribution is -2.28. The number of rotatable bonds is 5. The van der Waals surface area contributed by atoms with Crippen LogP contribution in [0.3, 0.4) is 0 Å². The number of pyridine rings is 1. The molecule has 0 amide bonds. The first kappa shape index (κ1) is 13.9. The van der Waals surface area contributed by atoms with Crippen LogP contribution in [0.15, 0.2) is 18.3 Å². The lowest BCUT2D eigenvalue weighted by atomic mass is 9.81. The van der Waals surface area contributed by atoms with Gasteiger partial charge in [0.2, 0.25) is 0 Å². The largest absolute Gasteiger partial charge is 0.389 e. The highest BCUT2D eigenvalue weighted by Crippen LogP contribution is 2.25. The number of nitrogens with one attached hydrogen (secondary N) is 1. The minimum Gasteiger partial charge on any atom is -0.389 e. The number of aromatic nitrogens is 1. The van der Waals surface area contributed by atoms with Crippen molar-refractivity contribution in [2.45, 2.75) is 27.7 Å². The topological polar surface area (TPSA) is 50.9 Å². The molecule has 0 aliphatic carbocycles. The molecule has 0 bridgehead atoms. The van der Waals surface area contributed by atoms with Crippen LogP contribution in [-0.2, 0) is 0 Å². The zero-order valence-electron chi connectivity index (χ0n) is 10.9. The quantitative estimate of drug-likeness (QED) is 0.790. The van der Waals surface area contributed by atoms with E-state index in [1.807, 2.05) is 12.1 Å². The van der Waals surface area contributed by atoms with E-state index in [4.69, 9.17) is 18.0 Å². The van der Waals surface area contributed by atoms with E-state index in [2.05, 4.69) is 38.0 Å². The highest BCUT2D eigenvalue weighted by Gasteiger charge is 2.21. The van der Waals surface area contributed by atoms with Gasteiger partial charge in [0.05, 0.1) is 0 Å². The maximum atomic E-state index is 5.52. The zero-order chi connectivity index (χ0) is 13.1. The Kier molecular flexibility index (Phi) is 4.46. The Morgan fingerprint density at radius 1 is 1.47 bits per heavy atom. The van der Waals surface area contributed by atoms with Gasteiger partial charge in [-0.05, 0) is 23.5 Å². The zero-order valence-corrected chi connectivity index (χ0v) is 11.8. The second-order valence-electron chi connectivity index (χ2n) is 5.29. The number of thiocarbonyl (C=S) groups is 1. The molecule has 94 valence electrons. The molecular formula is C13H21N3S. The molecule has 0 aliphatic rings. The first-order valence-electron chi connectivity index (χ1n) is 5.82. The third-order valence-electron chi connectivity index (χ3n) is 3.34. The van der Waals surface area contributed by atoms with Crippen molar-refractivity contribution in [2.75, 3.05) is 11.9 Å². The van der Waals surface area contributed by atoms with Gasteiger partial charge in [-0.1, -0.05) is 39.9 Å². The molecule has 0 radical (unpaired) electrons. The molecule has 1 aromatic rings. The SMILES string of the molecule is CC(C)C(C)(C)CNc1ccc(C(N)=S)cn1. The summed E-state index contributed by atoms with van der Waals surface area (Å²) in [5, 5.41) is 3.34. The minimum absolute atomic E-state index is 0.240. The van der Waals surface area contributed by atoms with Crippen molar-refractivity contribution in [3.05, 3.63) is 23.9 Å². The van der Waals surface area contributed by atoms with Gasteiger partial charge < -0.3 is 11.1 Å². The molecule has 0 saturated carbocycles. The Morgan fingerprint density at radius 3 is 2.53 bits per heavy atom. The van der Waals surface area contributed by atoms with E-state index in [0.29, 0.717) is 10.9 Å². The maximum absolute atomic E-state index is 5.52. The molecule has 17 heavy (non-hydrogen) atoms. The number of hydrogen-bond donors (Lipinski definition) is 2.